The lowest BCUT2D eigenvalue weighted by atomic mass is 9.97. The number of hydrogen-bond donors (Lipinski definition) is 2. The SMILES string of the molecule is COc1ccc(S(=O)(=O)N[C@H]2CC[C@@H](CC(=O)N3CCN(c4ccccc4)CC3)O[C@H]2CO)cc1. The minimum atomic E-state index is -3.79. The molecule has 2 aliphatic rings. The van der Waals surface area contributed by atoms with Crippen molar-refractivity contribution in [3.8, 4) is 5.75 Å². The van der Waals surface area contributed by atoms with Gasteiger partial charge >= 0.3 is 0 Å². The Bertz CT molecular complexity index is 1070. The van der Waals surface area contributed by atoms with Crippen LogP contribution in [0.1, 0.15) is 19.3 Å². The van der Waals surface area contributed by atoms with Crippen molar-refractivity contribution in [3.63, 3.8) is 0 Å². The van der Waals surface area contributed by atoms with E-state index in [9.17, 15) is 18.3 Å². The van der Waals surface area contributed by atoms with Gasteiger partial charge in [0.25, 0.3) is 0 Å². The maximum Gasteiger partial charge on any atom is 0.240 e. The van der Waals surface area contributed by atoms with Gasteiger partial charge in [-0.3, -0.25) is 4.79 Å². The molecule has 0 saturated carbocycles. The molecule has 2 heterocycles. The van der Waals surface area contributed by atoms with E-state index in [0.717, 1.165) is 18.8 Å². The standard InChI is InChI=1S/C25H33N3O6S/c1-33-20-7-10-22(11-8-20)35(31,32)26-23-12-9-21(34-24(23)18-29)17-25(30)28-15-13-27(14-16-28)19-5-3-2-4-6-19/h2-8,10-11,21,23-24,26,29H,9,12-18H2,1H3/t21-,23-,24-/m0/s1. The van der Waals surface area contributed by atoms with E-state index in [1.165, 1.54) is 19.2 Å². The first-order valence-electron chi connectivity index (χ1n) is 11.9. The van der Waals surface area contributed by atoms with Gasteiger partial charge in [-0.2, -0.15) is 0 Å². The van der Waals surface area contributed by atoms with Crippen molar-refractivity contribution in [3.05, 3.63) is 54.6 Å². The first-order valence-corrected chi connectivity index (χ1v) is 13.4. The van der Waals surface area contributed by atoms with E-state index in [-0.39, 0.29) is 29.9 Å². The van der Waals surface area contributed by atoms with Crippen molar-refractivity contribution >= 4 is 21.6 Å². The van der Waals surface area contributed by atoms with Crippen LogP contribution in [0.3, 0.4) is 0 Å². The number of ether oxygens (including phenoxy) is 2. The zero-order chi connectivity index (χ0) is 24.8. The average molecular weight is 504 g/mol. The summed E-state index contributed by atoms with van der Waals surface area (Å²) >= 11 is 0. The van der Waals surface area contributed by atoms with Crippen LogP contribution in [-0.2, 0) is 19.6 Å². The Labute approximate surface area is 206 Å². The molecule has 10 heteroatoms. The molecular formula is C25H33N3O6S. The molecule has 190 valence electrons. The Balaban J connectivity index is 1.28. The number of carbonyl (C=O) groups excluding carboxylic acids is 1. The number of nitrogens with zero attached hydrogens (tertiary/aromatic N) is 2. The second-order valence-electron chi connectivity index (χ2n) is 8.87. The number of aliphatic hydroxyl groups is 1. The van der Waals surface area contributed by atoms with E-state index in [0.29, 0.717) is 31.7 Å². The Hall–Kier alpha value is -2.66. The summed E-state index contributed by atoms with van der Waals surface area (Å²) in [6.45, 7) is 2.50. The van der Waals surface area contributed by atoms with E-state index >= 15 is 0 Å². The maximum atomic E-state index is 12.9. The molecule has 2 N–H and O–H groups in total. The third-order valence-electron chi connectivity index (χ3n) is 6.63. The first-order chi connectivity index (χ1) is 16.9. The number of hydrogen-bond acceptors (Lipinski definition) is 7. The molecule has 2 saturated heterocycles. The van der Waals surface area contributed by atoms with Crippen LogP contribution in [0.15, 0.2) is 59.5 Å². The summed E-state index contributed by atoms with van der Waals surface area (Å²) in [7, 11) is -2.28. The van der Waals surface area contributed by atoms with Gasteiger partial charge in [0.2, 0.25) is 15.9 Å². The molecule has 2 aromatic carbocycles. The highest BCUT2D eigenvalue weighted by molar-refractivity contribution is 7.89. The molecule has 2 aromatic rings. The molecule has 2 aliphatic heterocycles. The van der Waals surface area contributed by atoms with Crippen molar-refractivity contribution in [2.75, 3.05) is 44.8 Å². The van der Waals surface area contributed by atoms with E-state index in [1.807, 2.05) is 23.1 Å². The molecule has 9 nitrogen and oxygen atoms in total. The van der Waals surface area contributed by atoms with E-state index in [4.69, 9.17) is 9.47 Å². The van der Waals surface area contributed by atoms with E-state index in [1.54, 1.807) is 12.1 Å². The second kappa shape index (κ2) is 11.4. The third-order valence-corrected chi connectivity index (χ3v) is 8.13. The van der Waals surface area contributed by atoms with Gasteiger partial charge in [0, 0.05) is 31.9 Å². The van der Waals surface area contributed by atoms with Crippen molar-refractivity contribution in [2.24, 2.45) is 0 Å². The Kier molecular flexibility index (Phi) is 8.27. The second-order valence-corrected chi connectivity index (χ2v) is 10.6. The number of para-hydroxylation sites is 1. The summed E-state index contributed by atoms with van der Waals surface area (Å²) in [6.07, 6.45) is 0.153. The lowest BCUT2D eigenvalue weighted by Crippen LogP contribution is -2.52. The summed E-state index contributed by atoms with van der Waals surface area (Å²) in [5.41, 5.74) is 1.16. The van der Waals surface area contributed by atoms with Gasteiger partial charge in [0.05, 0.1) is 43.3 Å². The highest BCUT2D eigenvalue weighted by atomic mass is 32.2. The number of benzene rings is 2. The minimum absolute atomic E-state index is 0.0247. The van der Waals surface area contributed by atoms with Crippen LogP contribution in [0.2, 0.25) is 0 Å². The van der Waals surface area contributed by atoms with Gasteiger partial charge < -0.3 is 24.4 Å². The molecule has 0 aliphatic carbocycles. The Morgan fingerprint density at radius 1 is 1.06 bits per heavy atom. The molecule has 0 bridgehead atoms. The van der Waals surface area contributed by atoms with Crippen molar-refractivity contribution in [1.82, 2.24) is 9.62 Å². The van der Waals surface area contributed by atoms with Crippen molar-refractivity contribution in [1.29, 1.82) is 0 Å². The maximum absolute atomic E-state index is 12.9. The topological polar surface area (TPSA) is 108 Å². The minimum Gasteiger partial charge on any atom is -0.497 e. The number of carbonyl (C=O) groups is 1. The van der Waals surface area contributed by atoms with Gasteiger partial charge in [-0.05, 0) is 49.2 Å². The number of aliphatic hydroxyl groups excluding tert-OH is 1. The average Bonchev–Trinajstić information content (AvgIpc) is 2.90. The fourth-order valence-electron chi connectivity index (χ4n) is 4.62. The quantitative estimate of drug-likeness (QED) is 0.564. The van der Waals surface area contributed by atoms with Crippen LogP contribution >= 0.6 is 0 Å². The smallest absolute Gasteiger partial charge is 0.240 e. The molecule has 2 fully saturated rings. The Morgan fingerprint density at radius 2 is 1.74 bits per heavy atom. The largest absolute Gasteiger partial charge is 0.497 e. The number of methoxy groups -OCH3 is 1. The summed E-state index contributed by atoms with van der Waals surface area (Å²) in [5.74, 6) is 0.587. The zero-order valence-corrected chi connectivity index (χ0v) is 20.7. The number of anilines is 1. The fourth-order valence-corrected chi connectivity index (χ4v) is 5.91. The molecule has 4 rings (SSSR count). The van der Waals surface area contributed by atoms with Crippen LogP contribution in [-0.4, -0.2) is 82.5 Å². The molecule has 0 unspecified atom stereocenters. The van der Waals surface area contributed by atoms with E-state index in [2.05, 4.69) is 21.8 Å². The van der Waals surface area contributed by atoms with Gasteiger partial charge in [0.1, 0.15) is 5.75 Å². The molecular weight excluding hydrogens is 470 g/mol. The zero-order valence-electron chi connectivity index (χ0n) is 19.9. The number of rotatable bonds is 8. The van der Waals surface area contributed by atoms with Crippen LogP contribution in [0.4, 0.5) is 5.69 Å². The highest BCUT2D eigenvalue weighted by Gasteiger charge is 2.35. The summed E-state index contributed by atoms with van der Waals surface area (Å²) < 4.78 is 39.3. The molecule has 3 atom stereocenters. The Morgan fingerprint density at radius 3 is 2.37 bits per heavy atom. The lowest BCUT2D eigenvalue weighted by molar-refractivity contribution is -0.140. The molecule has 1 amide bonds. The van der Waals surface area contributed by atoms with Crippen LogP contribution in [0.25, 0.3) is 0 Å². The number of sulfonamides is 1. The highest BCUT2D eigenvalue weighted by Crippen LogP contribution is 2.25. The van der Waals surface area contributed by atoms with Crippen molar-refractivity contribution < 1.29 is 27.8 Å². The van der Waals surface area contributed by atoms with Gasteiger partial charge in [-0.1, -0.05) is 18.2 Å². The van der Waals surface area contributed by atoms with Crippen molar-refractivity contribution in [2.45, 2.75) is 42.4 Å². The van der Waals surface area contributed by atoms with Gasteiger partial charge in [0.15, 0.2) is 0 Å². The predicted octanol–water partition coefficient (Wildman–Crippen LogP) is 1.62. The number of piperazine rings is 1. The monoisotopic (exact) mass is 503 g/mol. The van der Waals surface area contributed by atoms with Crippen LogP contribution < -0.4 is 14.4 Å². The number of amides is 1. The summed E-state index contributed by atoms with van der Waals surface area (Å²) in [6, 6.07) is 15.7. The predicted molar refractivity (Wildman–Crippen MR) is 132 cm³/mol. The first kappa shape index (κ1) is 25.4. The fraction of sp³-hybridized carbons (Fsp3) is 0.480. The molecule has 35 heavy (non-hydrogen) atoms. The van der Waals surface area contributed by atoms with Crippen LogP contribution in [0.5, 0.6) is 5.75 Å². The number of nitrogens with one attached hydrogen (secondary N) is 1. The van der Waals surface area contributed by atoms with Gasteiger partial charge in [-0.15, -0.1) is 0 Å². The summed E-state index contributed by atoms with van der Waals surface area (Å²) in [5, 5.41) is 9.86. The van der Waals surface area contributed by atoms with Crippen LogP contribution in [0, 0.1) is 0 Å². The summed E-state index contributed by atoms with van der Waals surface area (Å²) in [4.78, 5) is 17.1. The van der Waals surface area contributed by atoms with E-state index < -0.39 is 22.2 Å². The third kappa shape index (κ3) is 6.32. The molecule has 0 aromatic heterocycles. The normalized spacial score (nSPS) is 23.2. The molecule has 0 spiro atoms. The lowest BCUT2D eigenvalue weighted by Gasteiger charge is -2.38. The molecule has 0 radical (unpaired) electrons. The van der Waals surface area contributed by atoms with Gasteiger partial charge in [-0.25, -0.2) is 13.1 Å².